The maximum absolute atomic E-state index is 12.2. The molecule has 1 heterocycles. The largest absolute Gasteiger partial charge is 0.378 e. The molecule has 3 fully saturated rings. The third-order valence-corrected chi connectivity index (χ3v) is 6.37. The Morgan fingerprint density at radius 3 is 2.30 bits per heavy atom. The summed E-state index contributed by atoms with van der Waals surface area (Å²) in [6.45, 7) is 1.81. The summed E-state index contributed by atoms with van der Waals surface area (Å²) in [6, 6.07) is 0. The van der Waals surface area contributed by atoms with E-state index in [0.717, 1.165) is 70.5 Å². The van der Waals surface area contributed by atoms with Crippen molar-refractivity contribution < 1.29 is 27.8 Å². The highest BCUT2D eigenvalue weighted by atomic mass is 19.3. The van der Waals surface area contributed by atoms with Crippen molar-refractivity contribution in [3.63, 3.8) is 0 Å². The lowest BCUT2D eigenvalue weighted by atomic mass is 9.79. The molecular formula is C21H32F2O4. The van der Waals surface area contributed by atoms with Crippen molar-refractivity contribution in [2.24, 2.45) is 17.8 Å². The molecule has 2 saturated carbocycles. The predicted molar refractivity (Wildman–Crippen MR) is 97.4 cm³/mol. The molecular weight excluding hydrogens is 354 g/mol. The molecule has 1 aliphatic heterocycles. The number of rotatable bonds is 7. The van der Waals surface area contributed by atoms with Gasteiger partial charge in [-0.3, -0.25) is 4.79 Å². The summed E-state index contributed by atoms with van der Waals surface area (Å²) in [5.74, 6) is 1.96. The van der Waals surface area contributed by atoms with Crippen LogP contribution in [0.15, 0.2) is 12.2 Å². The summed E-state index contributed by atoms with van der Waals surface area (Å²) in [5.41, 5.74) is 0. The fourth-order valence-electron chi connectivity index (χ4n) is 4.64. The molecule has 0 spiro atoms. The molecule has 6 heteroatoms. The summed E-state index contributed by atoms with van der Waals surface area (Å²) >= 11 is 0. The van der Waals surface area contributed by atoms with Gasteiger partial charge in [0.05, 0.1) is 19.3 Å². The molecule has 0 unspecified atom stereocenters. The smallest absolute Gasteiger partial charge is 0.271 e. The number of hydrogen-bond donors (Lipinski definition) is 0. The van der Waals surface area contributed by atoms with Crippen LogP contribution in [0.25, 0.3) is 0 Å². The average Bonchev–Trinajstić information content (AvgIpc) is 2.67. The van der Waals surface area contributed by atoms with Crippen LogP contribution in [-0.2, 0) is 19.0 Å². The zero-order valence-corrected chi connectivity index (χ0v) is 16.0. The summed E-state index contributed by atoms with van der Waals surface area (Å²) in [5, 5.41) is 0. The fourth-order valence-corrected chi connectivity index (χ4v) is 4.64. The minimum absolute atomic E-state index is 0.298. The van der Waals surface area contributed by atoms with Crippen LogP contribution in [-0.4, -0.2) is 38.0 Å². The maximum Gasteiger partial charge on any atom is 0.271 e. The molecule has 0 aromatic rings. The summed E-state index contributed by atoms with van der Waals surface area (Å²) in [6.07, 6.45) is 8.63. The van der Waals surface area contributed by atoms with Crippen molar-refractivity contribution >= 4 is 5.78 Å². The number of carbonyl (C=O) groups excluding carboxylic acids is 1. The van der Waals surface area contributed by atoms with Crippen molar-refractivity contribution in [3.8, 4) is 0 Å². The third-order valence-electron chi connectivity index (χ3n) is 6.37. The molecule has 3 aliphatic rings. The maximum atomic E-state index is 12.2. The third kappa shape index (κ3) is 6.91. The minimum atomic E-state index is -1.76. The van der Waals surface area contributed by atoms with Gasteiger partial charge in [0.1, 0.15) is 5.78 Å². The summed E-state index contributed by atoms with van der Waals surface area (Å²) in [4.78, 5) is 11.3. The Balaban J connectivity index is 1.25. The number of Topliss-reactive ketones (excluding diaryl/α,β-unsaturated/α-hetero) is 1. The molecule has 27 heavy (non-hydrogen) atoms. The molecule has 0 radical (unpaired) electrons. The molecule has 0 bridgehead atoms. The van der Waals surface area contributed by atoms with Crippen LogP contribution in [0.3, 0.4) is 0 Å². The van der Waals surface area contributed by atoms with Crippen molar-refractivity contribution in [2.45, 2.75) is 76.6 Å². The van der Waals surface area contributed by atoms with Crippen molar-refractivity contribution in [2.75, 3.05) is 19.8 Å². The standard InChI is InChI=1S/C21H32F2O4/c22-20(23)12-21-26-13-17(14-27-21)16-5-9-19(10-6-16)25-11-1-2-15-3-7-18(24)8-4-15/h12,15-17,19,21H,1-11,13-14H2. The van der Waals surface area contributed by atoms with Gasteiger partial charge in [0.2, 0.25) is 0 Å². The van der Waals surface area contributed by atoms with Crippen molar-refractivity contribution in [1.29, 1.82) is 0 Å². The van der Waals surface area contributed by atoms with E-state index in [9.17, 15) is 13.6 Å². The predicted octanol–water partition coefficient (Wildman–Crippen LogP) is 4.87. The number of ketones is 1. The Labute approximate surface area is 160 Å². The normalized spacial score (nSPS) is 33.0. The molecule has 154 valence electrons. The van der Waals surface area contributed by atoms with Gasteiger partial charge in [-0.2, -0.15) is 8.78 Å². The van der Waals surface area contributed by atoms with Crippen molar-refractivity contribution in [1.82, 2.24) is 0 Å². The van der Waals surface area contributed by atoms with E-state index < -0.39 is 12.4 Å². The first-order chi connectivity index (χ1) is 13.1. The Bertz CT molecular complexity index is 480. The topological polar surface area (TPSA) is 44.8 Å². The number of halogens is 2. The summed E-state index contributed by atoms with van der Waals surface area (Å²) < 4.78 is 41.3. The van der Waals surface area contributed by atoms with Gasteiger partial charge >= 0.3 is 0 Å². The SMILES string of the molecule is O=C1CCC(CCCOC2CCC(C3COC(C=C(F)F)OC3)CC2)CC1. The van der Waals surface area contributed by atoms with E-state index in [4.69, 9.17) is 14.2 Å². The van der Waals surface area contributed by atoms with Gasteiger partial charge in [-0.05, 0) is 63.2 Å². The number of hydrogen-bond acceptors (Lipinski definition) is 4. The van der Waals surface area contributed by atoms with Gasteiger partial charge in [-0.15, -0.1) is 0 Å². The second-order valence-corrected chi connectivity index (χ2v) is 8.28. The van der Waals surface area contributed by atoms with E-state index in [1.807, 2.05) is 0 Å². The lowest BCUT2D eigenvalue weighted by molar-refractivity contribution is -0.187. The van der Waals surface area contributed by atoms with E-state index >= 15 is 0 Å². The highest BCUT2D eigenvalue weighted by Gasteiger charge is 2.32. The molecule has 3 rings (SSSR count). The van der Waals surface area contributed by atoms with Gasteiger partial charge in [0.25, 0.3) is 6.08 Å². The molecule has 0 aromatic carbocycles. The Kier molecular flexibility index (Phi) is 8.22. The van der Waals surface area contributed by atoms with Crippen molar-refractivity contribution in [3.05, 3.63) is 12.2 Å². The van der Waals surface area contributed by atoms with Crippen LogP contribution in [0.5, 0.6) is 0 Å². The molecule has 2 aliphatic carbocycles. The lowest BCUT2D eigenvalue weighted by Gasteiger charge is -2.37. The van der Waals surface area contributed by atoms with Gasteiger partial charge in [0, 0.05) is 31.4 Å². The quantitative estimate of drug-likeness (QED) is 0.586. The van der Waals surface area contributed by atoms with Crippen LogP contribution in [0.1, 0.15) is 64.2 Å². The Hall–Kier alpha value is -0.850. The molecule has 1 saturated heterocycles. The Morgan fingerprint density at radius 1 is 1.00 bits per heavy atom. The van der Waals surface area contributed by atoms with Crippen LogP contribution in [0, 0.1) is 17.8 Å². The monoisotopic (exact) mass is 386 g/mol. The van der Waals surface area contributed by atoms with Gasteiger partial charge in [-0.1, -0.05) is 0 Å². The summed E-state index contributed by atoms with van der Waals surface area (Å²) in [7, 11) is 0. The van der Waals surface area contributed by atoms with Gasteiger partial charge in [0.15, 0.2) is 6.29 Å². The van der Waals surface area contributed by atoms with E-state index in [-0.39, 0.29) is 0 Å². The second kappa shape index (κ2) is 10.6. The number of ether oxygens (including phenoxy) is 3. The first-order valence-electron chi connectivity index (χ1n) is 10.5. The van der Waals surface area contributed by atoms with Crippen LogP contribution in [0.2, 0.25) is 0 Å². The van der Waals surface area contributed by atoms with Gasteiger partial charge in [-0.25, -0.2) is 0 Å². The van der Waals surface area contributed by atoms with E-state index in [0.29, 0.717) is 42.9 Å². The minimum Gasteiger partial charge on any atom is -0.378 e. The zero-order valence-electron chi connectivity index (χ0n) is 16.0. The first-order valence-corrected chi connectivity index (χ1v) is 10.5. The molecule has 4 nitrogen and oxygen atoms in total. The van der Waals surface area contributed by atoms with E-state index in [2.05, 4.69) is 0 Å². The second-order valence-electron chi connectivity index (χ2n) is 8.28. The zero-order chi connectivity index (χ0) is 19.1. The highest BCUT2D eigenvalue weighted by molar-refractivity contribution is 5.78. The van der Waals surface area contributed by atoms with Gasteiger partial charge < -0.3 is 14.2 Å². The highest BCUT2D eigenvalue weighted by Crippen LogP contribution is 2.34. The molecule has 0 atom stereocenters. The van der Waals surface area contributed by atoms with Crippen LogP contribution in [0.4, 0.5) is 8.78 Å². The molecule has 0 aromatic heterocycles. The molecule has 0 N–H and O–H groups in total. The van der Waals surface area contributed by atoms with E-state index in [1.54, 1.807) is 0 Å². The molecule has 0 amide bonds. The van der Waals surface area contributed by atoms with E-state index in [1.165, 1.54) is 6.42 Å². The van der Waals surface area contributed by atoms with Crippen LogP contribution >= 0.6 is 0 Å². The fraction of sp³-hybridized carbons (Fsp3) is 0.857. The average molecular weight is 386 g/mol. The Morgan fingerprint density at radius 2 is 1.67 bits per heavy atom. The number of carbonyl (C=O) groups is 1. The lowest BCUT2D eigenvalue weighted by Crippen LogP contribution is -2.37. The van der Waals surface area contributed by atoms with Crippen LogP contribution < -0.4 is 0 Å². The first kappa shape index (κ1) is 20.9.